The van der Waals surface area contributed by atoms with Crippen LogP contribution < -0.4 is 0 Å². The summed E-state index contributed by atoms with van der Waals surface area (Å²) in [6, 6.07) is 11.2. The van der Waals surface area contributed by atoms with E-state index in [2.05, 4.69) is 4.98 Å². The van der Waals surface area contributed by atoms with Gasteiger partial charge in [0.1, 0.15) is 5.54 Å². The first-order valence-electron chi connectivity index (χ1n) is 9.51. The van der Waals surface area contributed by atoms with Gasteiger partial charge in [0.05, 0.1) is 5.56 Å². The Bertz CT molecular complexity index is 913. The van der Waals surface area contributed by atoms with Crippen molar-refractivity contribution in [1.29, 1.82) is 0 Å². The average Bonchev–Trinajstić information content (AvgIpc) is 3.22. The fourth-order valence-electron chi connectivity index (χ4n) is 4.28. The summed E-state index contributed by atoms with van der Waals surface area (Å²) in [7, 11) is 1.54. The van der Waals surface area contributed by atoms with Crippen LogP contribution in [0.15, 0.2) is 42.6 Å². The number of imide groups is 1. The highest BCUT2D eigenvalue weighted by molar-refractivity contribution is 6.07. The number of aromatic amines is 1. The Morgan fingerprint density at radius 2 is 1.79 bits per heavy atom. The third kappa shape index (κ3) is 2.78. The molecule has 3 heterocycles. The number of nitrogens with one attached hydrogen (secondary N) is 1. The maximum Gasteiger partial charge on any atom is 0.327 e. The third-order valence-electron chi connectivity index (χ3n) is 5.98. The molecule has 2 aliphatic rings. The minimum absolute atomic E-state index is 0.0339. The molecular weight excluding hydrogens is 356 g/mol. The number of nitrogens with zero attached hydrogens (tertiary/aromatic N) is 3. The van der Waals surface area contributed by atoms with Gasteiger partial charge in [-0.2, -0.15) is 0 Å². The molecular formula is C21H24N4O3. The zero-order valence-corrected chi connectivity index (χ0v) is 16.1. The Morgan fingerprint density at radius 3 is 2.39 bits per heavy atom. The van der Waals surface area contributed by atoms with Crippen LogP contribution >= 0.6 is 0 Å². The first-order chi connectivity index (χ1) is 13.4. The molecule has 0 bridgehead atoms. The number of rotatable bonds is 3. The highest BCUT2D eigenvalue weighted by Crippen LogP contribution is 2.38. The van der Waals surface area contributed by atoms with Crippen LogP contribution in [-0.4, -0.2) is 63.2 Å². The average molecular weight is 380 g/mol. The van der Waals surface area contributed by atoms with Crippen LogP contribution in [0.4, 0.5) is 4.79 Å². The molecule has 2 saturated heterocycles. The molecule has 1 aromatic heterocycles. The van der Waals surface area contributed by atoms with E-state index in [1.54, 1.807) is 22.1 Å². The molecule has 1 aromatic carbocycles. The molecule has 2 aliphatic heterocycles. The number of urea groups is 1. The Balaban J connectivity index is 1.56. The van der Waals surface area contributed by atoms with E-state index in [0.717, 1.165) is 11.3 Å². The number of benzene rings is 1. The molecule has 1 N–H and O–H groups in total. The minimum Gasteiger partial charge on any atom is -0.365 e. The number of H-pyrrole nitrogens is 1. The van der Waals surface area contributed by atoms with Crippen LogP contribution in [0.25, 0.3) is 0 Å². The van der Waals surface area contributed by atoms with Crippen LogP contribution in [0, 0.1) is 6.92 Å². The van der Waals surface area contributed by atoms with Crippen LogP contribution in [0.3, 0.4) is 0 Å². The molecule has 146 valence electrons. The zero-order valence-electron chi connectivity index (χ0n) is 16.1. The first kappa shape index (κ1) is 18.3. The number of hydrogen-bond donors (Lipinski definition) is 1. The molecule has 0 radical (unpaired) electrons. The summed E-state index contributed by atoms with van der Waals surface area (Å²) in [5.74, 6) is -0.202. The van der Waals surface area contributed by atoms with Crippen molar-refractivity contribution < 1.29 is 14.4 Å². The lowest BCUT2D eigenvalue weighted by molar-refractivity contribution is -0.134. The number of amides is 4. The van der Waals surface area contributed by atoms with Gasteiger partial charge in [-0.25, -0.2) is 4.79 Å². The van der Waals surface area contributed by atoms with Crippen LogP contribution in [0.2, 0.25) is 0 Å². The van der Waals surface area contributed by atoms with Crippen molar-refractivity contribution in [2.75, 3.05) is 20.1 Å². The van der Waals surface area contributed by atoms with E-state index in [1.807, 2.05) is 37.3 Å². The molecule has 0 saturated carbocycles. The number of likely N-dealkylation sites (N-methyl/N-ethyl adjacent to an activating group) is 1. The van der Waals surface area contributed by atoms with E-state index in [1.165, 1.54) is 11.9 Å². The monoisotopic (exact) mass is 380 g/mol. The fraction of sp³-hybridized carbons (Fsp3) is 0.381. The topological polar surface area (TPSA) is 76.7 Å². The van der Waals surface area contributed by atoms with E-state index >= 15 is 0 Å². The Hall–Kier alpha value is -3.09. The van der Waals surface area contributed by atoms with Gasteiger partial charge in [0.15, 0.2) is 0 Å². The van der Waals surface area contributed by atoms with Gasteiger partial charge in [-0.1, -0.05) is 30.3 Å². The Kier molecular flexibility index (Phi) is 4.45. The third-order valence-corrected chi connectivity index (χ3v) is 5.98. The Labute approximate surface area is 163 Å². The summed E-state index contributed by atoms with van der Waals surface area (Å²) < 4.78 is 0. The zero-order chi connectivity index (χ0) is 19.9. The number of likely N-dealkylation sites (tertiary alicyclic amines) is 1. The summed E-state index contributed by atoms with van der Waals surface area (Å²) in [4.78, 5) is 46.3. The van der Waals surface area contributed by atoms with Gasteiger partial charge in [0.25, 0.3) is 11.8 Å². The van der Waals surface area contributed by atoms with E-state index < -0.39 is 5.54 Å². The smallest absolute Gasteiger partial charge is 0.327 e. The summed E-state index contributed by atoms with van der Waals surface area (Å²) in [5.41, 5.74) is 1.61. The van der Waals surface area contributed by atoms with Crippen molar-refractivity contribution in [3.63, 3.8) is 0 Å². The second-order valence-electron chi connectivity index (χ2n) is 7.56. The van der Waals surface area contributed by atoms with Crippen molar-refractivity contribution in [1.82, 2.24) is 19.7 Å². The molecule has 0 unspecified atom stereocenters. The maximum absolute atomic E-state index is 13.0. The predicted molar refractivity (Wildman–Crippen MR) is 104 cm³/mol. The van der Waals surface area contributed by atoms with Gasteiger partial charge >= 0.3 is 6.03 Å². The van der Waals surface area contributed by atoms with Crippen molar-refractivity contribution in [3.8, 4) is 0 Å². The van der Waals surface area contributed by atoms with E-state index in [0.29, 0.717) is 38.0 Å². The lowest BCUT2D eigenvalue weighted by Crippen LogP contribution is -2.57. The highest BCUT2D eigenvalue weighted by Gasteiger charge is 2.57. The number of piperidine rings is 1. The highest BCUT2D eigenvalue weighted by atomic mass is 16.2. The number of aryl methyl sites for hydroxylation is 1. The van der Waals surface area contributed by atoms with Gasteiger partial charge in [-0.15, -0.1) is 0 Å². The van der Waals surface area contributed by atoms with Gasteiger partial charge in [0, 0.05) is 38.6 Å². The van der Waals surface area contributed by atoms with Crippen molar-refractivity contribution in [3.05, 3.63) is 59.4 Å². The SMILES string of the molecule is Cc1[nH]ccc1C(=O)N1CCC2(CC1)C(=O)N(C)C(=O)N2Cc1ccccc1. The molecule has 2 aromatic rings. The molecule has 2 fully saturated rings. The van der Waals surface area contributed by atoms with E-state index in [4.69, 9.17) is 0 Å². The van der Waals surface area contributed by atoms with Gasteiger partial charge in [-0.3, -0.25) is 14.5 Å². The van der Waals surface area contributed by atoms with Crippen molar-refractivity contribution >= 4 is 17.8 Å². The number of hydrogen-bond acceptors (Lipinski definition) is 3. The Morgan fingerprint density at radius 1 is 1.11 bits per heavy atom. The summed E-state index contributed by atoms with van der Waals surface area (Å²) in [6.07, 6.45) is 2.65. The van der Waals surface area contributed by atoms with E-state index in [9.17, 15) is 14.4 Å². The molecule has 28 heavy (non-hydrogen) atoms. The quantitative estimate of drug-likeness (QED) is 0.831. The lowest BCUT2D eigenvalue weighted by atomic mass is 9.85. The van der Waals surface area contributed by atoms with Crippen molar-refractivity contribution in [2.24, 2.45) is 0 Å². The maximum atomic E-state index is 13.0. The summed E-state index contributed by atoms with van der Waals surface area (Å²) >= 11 is 0. The van der Waals surface area contributed by atoms with Crippen LogP contribution in [0.1, 0.15) is 34.5 Å². The normalized spacial score (nSPS) is 19.0. The second-order valence-corrected chi connectivity index (χ2v) is 7.56. The summed E-state index contributed by atoms with van der Waals surface area (Å²) in [5, 5.41) is 0. The summed E-state index contributed by atoms with van der Waals surface area (Å²) in [6.45, 7) is 3.15. The minimum atomic E-state index is -0.869. The fourth-order valence-corrected chi connectivity index (χ4v) is 4.28. The number of carbonyl (C=O) groups excluding carboxylic acids is 3. The number of aromatic nitrogens is 1. The molecule has 7 heteroatoms. The standard InChI is InChI=1S/C21H24N4O3/c1-15-17(8-11-22-15)18(26)24-12-9-21(10-13-24)19(27)23(2)20(28)25(21)14-16-6-4-3-5-7-16/h3-8,11,22H,9-10,12-14H2,1-2H3. The molecule has 4 rings (SSSR count). The first-order valence-corrected chi connectivity index (χ1v) is 9.51. The van der Waals surface area contributed by atoms with Crippen molar-refractivity contribution in [2.45, 2.75) is 31.8 Å². The largest absolute Gasteiger partial charge is 0.365 e. The van der Waals surface area contributed by atoms with Gasteiger partial charge < -0.3 is 14.8 Å². The predicted octanol–water partition coefficient (Wildman–Crippen LogP) is 2.39. The van der Waals surface area contributed by atoms with E-state index in [-0.39, 0.29) is 17.8 Å². The molecule has 4 amide bonds. The van der Waals surface area contributed by atoms with Gasteiger partial charge in [-0.05, 0) is 31.4 Å². The number of carbonyl (C=O) groups is 3. The molecule has 1 spiro atoms. The lowest BCUT2D eigenvalue weighted by Gasteiger charge is -2.42. The molecule has 0 atom stereocenters. The second kappa shape index (κ2) is 6.82. The molecule has 0 aliphatic carbocycles. The molecule has 7 nitrogen and oxygen atoms in total. The van der Waals surface area contributed by atoms with Crippen LogP contribution in [-0.2, 0) is 11.3 Å². The van der Waals surface area contributed by atoms with Crippen LogP contribution in [0.5, 0.6) is 0 Å². The van der Waals surface area contributed by atoms with Gasteiger partial charge in [0.2, 0.25) is 0 Å².